The van der Waals surface area contributed by atoms with Crippen molar-refractivity contribution in [2.45, 2.75) is 15.9 Å². The first-order valence-electron chi connectivity index (χ1n) is 9.93. The first-order valence-corrected chi connectivity index (χ1v) is 10.7. The van der Waals surface area contributed by atoms with Crippen LogP contribution >= 0.6 is 11.8 Å². The Hall–Kier alpha value is -3.28. The number of esters is 1. The van der Waals surface area contributed by atoms with Crippen molar-refractivity contribution in [3.63, 3.8) is 0 Å². The molecule has 0 spiro atoms. The second-order valence-electron chi connectivity index (χ2n) is 7.00. The third kappa shape index (κ3) is 4.90. The monoisotopic (exact) mass is 430 g/mol. The fraction of sp³-hybridized carbons (Fsp3) is 0.115. The topological polar surface area (TPSA) is 55.8 Å². The fourth-order valence-corrected chi connectivity index (χ4v) is 4.36. The highest BCUT2D eigenvalue weighted by Gasteiger charge is 2.16. The van der Waals surface area contributed by atoms with E-state index in [0.717, 1.165) is 37.4 Å². The Balaban J connectivity index is 1.73. The summed E-state index contributed by atoms with van der Waals surface area (Å²) in [5, 5.41) is 14.3. The average molecular weight is 431 g/mol. The number of rotatable bonds is 8. The lowest BCUT2D eigenvalue weighted by molar-refractivity contribution is -0.141. The van der Waals surface area contributed by atoms with Gasteiger partial charge in [0.25, 0.3) is 0 Å². The minimum absolute atomic E-state index is 0.00211. The number of benzene rings is 4. The van der Waals surface area contributed by atoms with Gasteiger partial charge in [0.2, 0.25) is 0 Å². The molecule has 0 saturated carbocycles. The molecule has 0 fully saturated rings. The fourth-order valence-electron chi connectivity index (χ4n) is 3.36. The van der Waals surface area contributed by atoms with E-state index in [1.54, 1.807) is 11.8 Å². The van der Waals surface area contributed by atoms with Gasteiger partial charge in [-0.3, -0.25) is 0 Å². The average Bonchev–Trinajstić information content (AvgIpc) is 2.81. The van der Waals surface area contributed by atoms with E-state index in [9.17, 15) is 9.90 Å². The summed E-state index contributed by atoms with van der Waals surface area (Å²) in [6.45, 7) is 3.20. The van der Waals surface area contributed by atoms with Crippen LogP contribution in [0.15, 0.2) is 101 Å². The molecule has 31 heavy (non-hydrogen) atoms. The van der Waals surface area contributed by atoms with E-state index >= 15 is 0 Å². The van der Waals surface area contributed by atoms with Gasteiger partial charge < -0.3 is 14.6 Å². The van der Waals surface area contributed by atoms with Gasteiger partial charge in [0.15, 0.2) is 0 Å². The highest BCUT2D eigenvalue weighted by Crippen LogP contribution is 2.42. The number of aliphatic hydroxyl groups excluding tert-OH is 1. The lowest BCUT2D eigenvalue weighted by atomic mass is 10.0. The SMILES string of the molecule is C=CC(=O)OCC(O)COc1c2ccccc2cc2cccc(Sc3ccccc3)c12. The Bertz CT molecular complexity index is 1220. The Kier molecular flexibility index (Phi) is 6.55. The largest absolute Gasteiger partial charge is 0.489 e. The molecule has 1 N–H and O–H groups in total. The molecule has 4 aromatic carbocycles. The second kappa shape index (κ2) is 9.69. The predicted octanol–water partition coefficient (Wildman–Crippen LogP) is 5.61. The quantitative estimate of drug-likeness (QED) is 0.224. The Labute approximate surface area is 185 Å². The van der Waals surface area contributed by atoms with E-state index in [4.69, 9.17) is 9.47 Å². The summed E-state index contributed by atoms with van der Waals surface area (Å²) in [5.74, 6) is 0.137. The van der Waals surface area contributed by atoms with Crippen LogP contribution in [-0.2, 0) is 9.53 Å². The van der Waals surface area contributed by atoms with Gasteiger partial charge in [-0.25, -0.2) is 4.79 Å². The summed E-state index contributed by atoms with van der Waals surface area (Å²) in [5.41, 5.74) is 0. The Morgan fingerprint density at radius 3 is 2.52 bits per heavy atom. The minimum Gasteiger partial charge on any atom is -0.489 e. The molecule has 4 rings (SSSR count). The number of ether oxygens (including phenoxy) is 2. The highest BCUT2D eigenvalue weighted by atomic mass is 32.2. The van der Waals surface area contributed by atoms with Crippen LogP contribution in [0.1, 0.15) is 0 Å². The van der Waals surface area contributed by atoms with Gasteiger partial charge in [-0.1, -0.05) is 72.9 Å². The first-order chi connectivity index (χ1) is 15.2. The zero-order valence-corrected chi connectivity index (χ0v) is 17.7. The van der Waals surface area contributed by atoms with Crippen LogP contribution in [0.3, 0.4) is 0 Å². The molecule has 0 aliphatic carbocycles. The van der Waals surface area contributed by atoms with Crippen molar-refractivity contribution in [2.75, 3.05) is 13.2 Å². The van der Waals surface area contributed by atoms with E-state index in [1.165, 1.54) is 0 Å². The maximum atomic E-state index is 11.3. The number of fused-ring (bicyclic) bond motifs is 2. The van der Waals surface area contributed by atoms with Crippen LogP contribution in [0.4, 0.5) is 0 Å². The second-order valence-corrected chi connectivity index (χ2v) is 8.11. The predicted molar refractivity (Wildman–Crippen MR) is 125 cm³/mol. The molecular weight excluding hydrogens is 408 g/mol. The maximum absolute atomic E-state index is 11.3. The van der Waals surface area contributed by atoms with Crippen molar-refractivity contribution in [1.82, 2.24) is 0 Å². The third-order valence-electron chi connectivity index (χ3n) is 4.78. The van der Waals surface area contributed by atoms with Crippen molar-refractivity contribution in [3.05, 3.63) is 91.5 Å². The molecule has 0 aliphatic rings. The van der Waals surface area contributed by atoms with E-state index < -0.39 is 12.1 Å². The summed E-state index contributed by atoms with van der Waals surface area (Å²) in [6, 6.07) is 26.5. The Morgan fingerprint density at radius 2 is 1.71 bits per heavy atom. The van der Waals surface area contributed by atoms with Crippen molar-refractivity contribution in [2.24, 2.45) is 0 Å². The van der Waals surface area contributed by atoms with Gasteiger partial charge in [-0.05, 0) is 35.0 Å². The number of hydrogen-bond donors (Lipinski definition) is 1. The van der Waals surface area contributed by atoms with Gasteiger partial charge >= 0.3 is 5.97 Å². The molecule has 0 amide bonds. The van der Waals surface area contributed by atoms with Crippen molar-refractivity contribution < 1.29 is 19.4 Å². The van der Waals surface area contributed by atoms with E-state index in [-0.39, 0.29) is 13.2 Å². The molecule has 4 aromatic rings. The minimum atomic E-state index is -0.952. The van der Waals surface area contributed by atoms with Crippen LogP contribution in [0.5, 0.6) is 5.75 Å². The van der Waals surface area contributed by atoms with Crippen LogP contribution in [-0.4, -0.2) is 30.4 Å². The lowest BCUT2D eigenvalue weighted by Gasteiger charge is -2.18. The standard InChI is InChI=1S/C26H22O4S/c1-2-24(28)29-16-20(27)17-30-26-22-13-7-6-9-18(22)15-19-10-8-14-23(25(19)26)31-21-11-4-3-5-12-21/h2-15,20,27H,1,16-17H2. The summed E-state index contributed by atoms with van der Waals surface area (Å²) in [7, 11) is 0. The molecule has 1 unspecified atom stereocenters. The molecule has 0 heterocycles. The summed E-state index contributed by atoms with van der Waals surface area (Å²) >= 11 is 1.67. The molecule has 4 nitrogen and oxygen atoms in total. The van der Waals surface area contributed by atoms with Crippen LogP contribution in [0.2, 0.25) is 0 Å². The smallest absolute Gasteiger partial charge is 0.330 e. The summed E-state index contributed by atoms with van der Waals surface area (Å²) < 4.78 is 11.1. The van der Waals surface area contributed by atoms with Crippen molar-refractivity contribution in [1.29, 1.82) is 0 Å². The molecule has 0 aliphatic heterocycles. The van der Waals surface area contributed by atoms with Crippen molar-refractivity contribution >= 4 is 39.3 Å². The summed E-state index contributed by atoms with van der Waals surface area (Å²) in [4.78, 5) is 13.5. The number of carbonyl (C=O) groups excluding carboxylic acids is 1. The third-order valence-corrected chi connectivity index (χ3v) is 5.85. The molecule has 0 saturated heterocycles. The highest BCUT2D eigenvalue weighted by molar-refractivity contribution is 7.99. The normalized spacial score (nSPS) is 11.9. The number of hydrogen-bond acceptors (Lipinski definition) is 5. The van der Waals surface area contributed by atoms with Gasteiger partial charge in [0.1, 0.15) is 25.1 Å². The molecule has 0 bridgehead atoms. The first kappa shape index (κ1) is 21.0. The molecule has 0 aromatic heterocycles. The number of carbonyl (C=O) groups is 1. The lowest BCUT2D eigenvalue weighted by Crippen LogP contribution is -2.24. The Morgan fingerprint density at radius 1 is 0.968 bits per heavy atom. The van der Waals surface area contributed by atoms with Crippen molar-refractivity contribution in [3.8, 4) is 5.75 Å². The summed E-state index contributed by atoms with van der Waals surface area (Å²) in [6.07, 6.45) is 0.116. The molecule has 156 valence electrons. The van der Waals surface area contributed by atoms with Crippen LogP contribution in [0, 0.1) is 0 Å². The van der Waals surface area contributed by atoms with E-state index in [2.05, 4.69) is 36.9 Å². The molecule has 0 radical (unpaired) electrons. The molecule has 1 atom stereocenters. The van der Waals surface area contributed by atoms with Gasteiger partial charge in [0.05, 0.1) is 0 Å². The molecule has 5 heteroatoms. The van der Waals surface area contributed by atoms with Crippen LogP contribution < -0.4 is 4.74 Å². The zero-order chi connectivity index (χ0) is 21.6. The number of aliphatic hydroxyl groups is 1. The van der Waals surface area contributed by atoms with E-state index in [1.807, 2.05) is 48.5 Å². The van der Waals surface area contributed by atoms with Gasteiger partial charge in [-0.2, -0.15) is 0 Å². The zero-order valence-electron chi connectivity index (χ0n) is 16.9. The maximum Gasteiger partial charge on any atom is 0.330 e. The van der Waals surface area contributed by atoms with Crippen LogP contribution in [0.25, 0.3) is 21.5 Å². The van der Waals surface area contributed by atoms with Gasteiger partial charge in [0, 0.05) is 26.6 Å². The van der Waals surface area contributed by atoms with Gasteiger partial charge in [-0.15, -0.1) is 0 Å². The molecular formula is C26H22O4S. The van der Waals surface area contributed by atoms with E-state index in [0.29, 0.717) is 5.75 Å².